The van der Waals surface area contributed by atoms with E-state index in [1.165, 1.54) is 17.1 Å². The average molecular weight is 288 g/mol. The number of anilines is 1. The molecule has 1 heterocycles. The van der Waals surface area contributed by atoms with E-state index >= 15 is 0 Å². The number of allylic oxidation sites excluding steroid dienone is 1. The van der Waals surface area contributed by atoms with Gasteiger partial charge in [-0.05, 0) is 49.0 Å². The number of carboxylic acids is 1. The molecule has 5 heteroatoms. The molecule has 0 aromatic heterocycles. The lowest BCUT2D eigenvalue weighted by atomic mass is 9.96. The van der Waals surface area contributed by atoms with Crippen molar-refractivity contribution in [2.24, 2.45) is 11.0 Å². The molecule has 0 amide bonds. The number of carboxylic acid groups (broad SMARTS) is 1. The van der Waals surface area contributed by atoms with E-state index in [0.29, 0.717) is 11.6 Å². The number of halogens is 1. The summed E-state index contributed by atoms with van der Waals surface area (Å²) < 4.78 is 13.6. The molecular formula is C16H17FN2O2. The van der Waals surface area contributed by atoms with Crippen molar-refractivity contribution in [3.05, 3.63) is 41.4 Å². The van der Waals surface area contributed by atoms with Crippen LogP contribution in [0.1, 0.15) is 38.2 Å². The highest BCUT2D eigenvalue weighted by molar-refractivity contribution is 6.37. The molecule has 1 saturated carbocycles. The second-order valence-electron chi connectivity index (χ2n) is 5.71. The van der Waals surface area contributed by atoms with Crippen molar-refractivity contribution in [2.45, 2.75) is 32.6 Å². The highest BCUT2D eigenvalue weighted by Crippen LogP contribution is 2.45. The molecule has 3 rings (SSSR count). The van der Waals surface area contributed by atoms with Crippen LogP contribution in [0, 0.1) is 11.7 Å². The van der Waals surface area contributed by atoms with Gasteiger partial charge in [-0.15, -0.1) is 0 Å². The molecule has 1 fully saturated rings. The lowest BCUT2D eigenvalue weighted by Crippen LogP contribution is -2.31. The fraction of sp³-hybridized carbons (Fsp3) is 0.375. The standard InChI is InChI=1S/C16H17FN2O2/c1-9-8-19(18-15(10(9)2)16(20)21)14-7-12(17)5-6-13(14)11-3-4-11/h5-8,10-11H,3-4H2,1-2H3,(H,20,21)/t10-/m1/s1. The van der Waals surface area contributed by atoms with Crippen molar-refractivity contribution >= 4 is 17.4 Å². The van der Waals surface area contributed by atoms with Gasteiger partial charge in [0.15, 0.2) is 5.71 Å². The Hall–Kier alpha value is -2.17. The van der Waals surface area contributed by atoms with Gasteiger partial charge in [0.05, 0.1) is 5.69 Å². The first kappa shape index (κ1) is 13.8. The monoisotopic (exact) mass is 288 g/mol. The van der Waals surface area contributed by atoms with Gasteiger partial charge in [0.1, 0.15) is 5.82 Å². The molecule has 0 bridgehead atoms. The molecule has 0 unspecified atom stereocenters. The Morgan fingerprint density at radius 1 is 1.43 bits per heavy atom. The van der Waals surface area contributed by atoms with Gasteiger partial charge in [-0.25, -0.2) is 14.2 Å². The number of hydrazone groups is 1. The van der Waals surface area contributed by atoms with Crippen LogP contribution in [0.25, 0.3) is 0 Å². The molecular weight excluding hydrogens is 271 g/mol. The maximum absolute atomic E-state index is 13.6. The Labute approximate surface area is 122 Å². The van der Waals surface area contributed by atoms with Crippen LogP contribution in [0.3, 0.4) is 0 Å². The predicted molar refractivity (Wildman–Crippen MR) is 78.8 cm³/mol. The van der Waals surface area contributed by atoms with Crippen molar-refractivity contribution in [1.82, 2.24) is 0 Å². The smallest absolute Gasteiger partial charge is 0.352 e. The number of hydrogen-bond acceptors (Lipinski definition) is 3. The molecule has 1 aliphatic heterocycles. The number of hydrogen-bond donors (Lipinski definition) is 1. The van der Waals surface area contributed by atoms with Crippen LogP contribution in [0.5, 0.6) is 0 Å². The third-order valence-corrected chi connectivity index (χ3v) is 4.11. The molecule has 1 aromatic carbocycles. The van der Waals surface area contributed by atoms with Crippen molar-refractivity contribution < 1.29 is 14.3 Å². The Morgan fingerprint density at radius 2 is 2.14 bits per heavy atom. The normalized spacial score (nSPS) is 21.9. The highest BCUT2D eigenvalue weighted by atomic mass is 19.1. The minimum Gasteiger partial charge on any atom is -0.477 e. The summed E-state index contributed by atoms with van der Waals surface area (Å²) in [6, 6.07) is 4.65. The molecule has 110 valence electrons. The second-order valence-corrected chi connectivity index (χ2v) is 5.71. The molecule has 1 aliphatic carbocycles. The Kier molecular flexibility index (Phi) is 3.27. The van der Waals surface area contributed by atoms with Crippen LogP contribution in [-0.2, 0) is 4.79 Å². The predicted octanol–water partition coefficient (Wildman–Crippen LogP) is 3.50. The number of benzene rings is 1. The Bertz CT molecular complexity index is 662. The molecule has 4 nitrogen and oxygen atoms in total. The van der Waals surface area contributed by atoms with Gasteiger partial charge in [0, 0.05) is 12.1 Å². The molecule has 21 heavy (non-hydrogen) atoms. The largest absolute Gasteiger partial charge is 0.477 e. The Morgan fingerprint density at radius 3 is 2.76 bits per heavy atom. The van der Waals surface area contributed by atoms with Crippen LogP contribution >= 0.6 is 0 Å². The lowest BCUT2D eigenvalue weighted by Gasteiger charge is -2.27. The van der Waals surface area contributed by atoms with Crippen LogP contribution in [0.2, 0.25) is 0 Å². The van der Waals surface area contributed by atoms with Crippen molar-refractivity contribution in [1.29, 1.82) is 0 Å². The molecule has 0 spiro atoms. The maximum atomic E-state index is 13.6. The number of aliphatic carboxylic acids is 1. The van der Waals surface area contributed by atoms with Crippen molar-refractivity contribution in [2.75, 3.05) is 5.01 Å². The first-order chi connectivity index (χ1) is 9.97. The van der Waals surface area contributed by atoms with Crippen LogP contribution < -0.4 is 5.01 Å². The van der Waals surface area contributed by atoms with Crippen LogP contribution in [-0.4, -0.2) is 16.8 Å². The van der Waals surface area contributed by atoms with Gasteiger partial charge in [-0.2, -0.15) is 5.10 Å². The van der Waals surface area contributed by atoms with E-state index in [1.54, 1.807) is 12.3 Å². The number of carbonyl (C=O) groups is 1. The Balaban J connectivity index is 2.07. The molecule has 1 atom stereocenters. The van der Waals surface area contributed by atoms with Gasteiger partial charge >= 0.3 is 5.97 Å². The lowest BCUT2D eigenvalue weighted by molar-refractivity contribution is -0.129. The third kappa shape index (κ3) is 2.55. The first-order valence-electron chi connectivity index (χ1n) is 7.06. The average Bonchev–Trinajstić information content (AvgIpc) is 3.25. The van der Waals surface area contributed by atoms with E-state index < -0.39 is 5.97 Å². The number of nitrogens with zero attached hydrogens (tertiary/aromatic N) is 2. The summed E-state index contributed by atoms with van der Waals surface area (Å²) in [7, 11) is 0. The van der Waals surface area contributed by atoms with Gasteiger partial charge < -0.3 is 5.11 Å². The summed E-state index contributed by atoms with van der Waals surface area (Å²) in [5.74, 6) is -1.19. The minimum atomic E-state index is -1.04. The quantitative estimate of drug-likeness (QED) is 0.926. The highest BCUT2D eigenvalue weighted by Gasteiger charge is 2.30. The second kappa shape index (κ2) is 4.98. The summed E-state index contributed by atoms with van der Waals surface area (Å²) in [4.78, 5) is 11.3. The fourth-order valence-corrected chi connectivity index (χ4v) is 2.56. The SMILES string of the molecule is CC1=CN(c2cc(F)ccc2C2CC2)N=C(C(=O)O)[C@@H]1C. The molecule has 1 N–H and O–H groups in total. The summed E-state index contributed by atoms with van der Waals surface area (Å²) in [6.07, 6.45) is 3.96. The summed E-state index contributed by atoms with van der Waals surface area (Å²) >= 11 is 0. The zero-order valence-corrected chi connectivity index (χ0v) is 12.0. The molecule has 2 aliphatic rings. The van der Waals surface area contributed by atoms with E-state index in [0.717, 1.165) is 24.0 Å². The minimum absolute atomic E-state index is 0.0843. The molecule has 0 saturated heterocycles. The first-order valence-corrected chi connectivity index (χ1v) is 7.06. The third-order valence-electron chi connectivity index (χ3n) is 4.11. The topological polar surface area (TPSA) is 52.9 Å². The van der Waals surface area contributed by atoms with E-state index in [1.807, 2.05) is 13.8 Å². The van der Waals surface area contributed by atoms with Gasteiger partial charge in [-0.1, -0.05) is 13.0 Å². The van der Waals surface area contributed by atoms with E-state index in [-0.39, 0.29) is 17.4 Å². The zero-order valence-electron chi connectivity index (χ0n) is 12.0. The zero-order chi connectivity index (χ0) is 15.1. The van der Waals surface area contributed by atoms with E-state index in [4.69, 9.17) is 0 Å². The van der Waals surface area contributed by atoms with Crippen LogP contribution in [0.15, 0.2) is 35.1 Å². The van der Waals surface area contributed by atoms with Gasteiger partial charge in [0.2, 0.25) is 0 Å². The van der Waals surface area contributed by atoms with Crippen molar-refractivity contribution in [3.8, 4) is 0 Å². The van der Waals surface area contributed by atoms with Gasteiger partial charge in [-0.3, -0.25) is 0 Å². The molecule has 1 aromatic rings. The van der Waals surface area contributed by atoms with Crippen LogP contribution in [0.4, 0.5) is 10.1 Å². The summed E-state index contributed by atoms with van der Waals surface area (Å²) in [6.45, 7) is 3.68. The fourth-order valence-electron chi connectivity index (χ4n) is 2.56. The van der Waals surface area contributed by atoms with E-state index in [9.17, 15) is 14.3 Å². The summed E-state index contributed by atoms with van der Waals surface area (Å²) in [5, 5.41) is 15.0. The molecule has 0 radical (unpaired) electrons. The number of rotatable bonds is 3. The maximum Gasteiger partial charge on any atom is 0.352 e. The van der Waals surface area contributed by atoms with Gasteiger partial charge in [0.25, 0.3) is 0 Å². The van der Waals surface area contributed by atoms with E-state index in [2.05, 4.69) is 5.10 Å². The van der Waals surface area contributed by atoms with Crippen molar-refractivity contribution in [3.63, 3.8) is 0 Å². The summed E-state index contributed by atoms with van der Waals surface area (Å²) in [5.41, 5.74) is 2.65.